The molecule has 192 valence electrons. The van der Waals surface area contributed by atoms with Crippen molar-refractivity contribution in [3.05, 3.63) is 0 Å². The van der Waals surface area contributed by atoms with E-state index in [0.717, 1.165) is 0 Å². The van der Waals surface area contributed by atoms with Crippen LogP contribution >= 0.6 is 0 Å². The molecule has 0 saturated carbocycles. The quantitative estimate of drug-likeness (QED) is 0.266. The third kappa shape index (κ3) is 11.8. The van der Waals surface area contributed by atoms with E-state index < -0.39 is 23.9 Å². The van der Waals surface area contributed by atoms with Crippen molar-refractivity contribution in [1.29, 1.82) is 0 Å². The third-order valence-corrected chi connectivity index (χ3v) is 5.84. The van der Waals surface area contributed by atoms with Crippen LogP contribution in [0.4, 0.5) is 0 Å². The second-order valence-electron chi connectivity index (χ2n) is 8.69. The fraction of sp³-hybridized carbons (Fsp3) is 0.800. The van der Waals surface area contributed by atoms with Crippen LogP contribution in [-0.4, -0.2) is 140 Å². The van der Waals surface area contributed by atoms with Gasteiger partial charge in [-0.15, -0.1) is 0 Å². The summed E-state index contributed by atoms with van der Waals surface area (Å²) in [6.07, 6.45) is 0. The minimum atomic E-state index is -1.03. The fourth-order valence-corrected chi connectivity index (χ4v) is 4.12. The van der Waals surface area contributed by atoms with Crippen LogP contribution in [0.5, 0.6) is 0 Å². The first-order valence-corrected chi connectivity index (χ1v) is 10.6. The van der Waals surface area contributed by atoms with Crippen molar-refractivity contribution in [2.75, 3.05) is 52.4 Å². The summed E-state index contributed by atoms with van der Waals surface area (Å²) in [5.74, 6) is -4.11. The summed E-state index contributed by atoms with van der Waals surface area (Å²) in [4.78, 5) is 52.7. The molecule has 0 aromatic heterocycles. The smallest absolute Gasteiger partial charge is 0.317 e. The number of carbonyl (C=O) groups is 4. The zero-order chi connectivity index (χ0) is 24.6. The molecule has 1 aliphatic rings. The molecule has 1 aliphatic heterocycles. The molecule has 0 radical (unpaired) electrons. The van der Waals surface area contributed by atoms with Gasteiger partial charge in [-0.2, -0.15) is 0 Å². The Hall–Kier alpha value is -0.955. The number of hydrogen-bond acceptors (Lipinski definition) is 8. The van der Waals surface area contributed by atoms with Gasteiger partial charge in [-0.3, -0.25) is 38.8 Å². The van der Waals surface area contributed by atoms with E-state index in [-0.39, 0.29) is 116 Å². The Labute approximate surface area is 226 Å². The van der Waals surface area contributed by atoms with Crippen LogP contribution in [0.3, 0.4) is 0 Å². The maximum atomic E-state index is 11.5. The molecule has 1 fully saturated rings. The molecular formula is C20H36GdN4O8. The van der Waals surface area contributed by atoms with Crippen LogP contribution < -0.4 is 0 Å². The molecule has 12 nitrogen and oxygen atoms in total. The van der Waals surface area contributed by atoms with E-state index in [2.05, 4.69) is 0 Å². The Bertz CT molecular complexity index is 570. The second-order valence-corrected chi connectivity index (χ2v) is 8.69. The van der Waals surface area contributed by atoms with Crippen LogP contribution in [0.1, 0.15) is 27.7 Å². The van der Waals surface area contributed by atoms with E-state index in [1.807, 2.05) is 27.7 Å². The first-order valence-electron chi connectivity index (χ1n) is 10.6. The molecule has 0 aliphatic carbocycles. The van der Waals surface area contributed by atoms with Crippen LogP contribution in [0, 0.1) is 39.9 Å². The molecule has 0 aromatic rings. The summed E-state index contributed by atoms with van der Waals surface area (Å²) in [7, 11) is 0. The van der Waals surface area contributed by atoms with Gasteiger partial charge in [0.15, 0.2) is 0 Å². The summed E-state index contributed by atoms with van der Waals surface area (Å²) in [6, 6.07) is -1.31. The van der Waals surface area contributed by atoms with Gasteiger partial charge in [-0.05, 0) is 27.7 Å². The number of carboxylic acids is 4. The SMILES string of the molecule is CC1CN(CC(=O)O)C(C)CN(CC(=O)O)C(C)CN(CC(=O)O)C(C)CN1CC(=O)O.[Gd]. The summed E-state index contributed by atoms with van der Waals surface area (Å²) in [5.41, 5.74) is 0. The van der Waals surface area contributed by atoms with Crippen LogP contribution in [-0.2, 0) is 19.2 Å². The Morgan fingerprint density at radius 2 is 0.667 bits per heavy atom. The predicted molar refractivity (Wildman–Crippen MR) is 115 cm³/mol. The standard InChI is InChI=1S/C20H36N4O8.Gd/c1-13-5-22(10-18(27)28)15(3)7-24(12-20(31)32)16(4)8-23(11-19(29)30)14(2)6-21(13)9-17(25)26;/h13-16H,5-12H2,1-4H3,(H,25,26)(H,27,28)(H,29,30)(H,31,32);. The minimum absolute atomic E-state index is 0. The maximum Gasteiger partial charge on any atom is 0.317 e. The van der Waals surface area contributed by atoms with Gasteiger partial charge < -0.3 is 20.4 Å². The summed E-state index contributed by atoms with van der Waals surface area (Å²) in [5, 5.41) is 37.5. The molecule has 0 aromatic carbocycles. The van der Waals surface area contributed by atoms with E-state index >= 15 is 0 Å². The Morgan fingerprint density at radius 3 is 0.788 bits per heavy atom. The van der Waals surface area contributed by atoms with Gasteiger partial charge in [-0.1, -0.05) is 0 Å². The van der Waals surface area contributed by atoms with Gasteiger partial charge in [-0.25, -0.2) is 0 Å². The molecule has 33 heavy (non-hydrogen) atoms. The normalized spacial score (nSPS) is 27.0. The van der Waals surface area contributed by atoms with E-state index in [1.165, 1.54) is 0 Å². The van der Waals surface area contributed by atoms with Gasteiger partial charge in [0.2, 0.25) is 0 Å². The molecule has 0 bridgehead atoms. The van der Waals surface area contributed by atoms with Crippen molar-refractivity contribution in [2.24, 2.45) is 0 Å². The van der Waals surface area contributed by atoms with Crippen LogP contribution in [0.25, 0.3) is 0 Å². The molecule has 1 rings (SSSR count). The summed E-state index contributed by atoms with van der Waals surface area (Å²) < 4.78 is 0. The first kappa shape index (κ1) is 32.0. The fourth-order valence-electron chi connectivity index (χ4n) is 4.12. The predicted octanol–water partition coefficient (Wildman–Crippen LogP) is -0.900. The monoisotopic (exact) mass is 618 g/mol. The third-order valence-electron chi connectivity index (χ3n) is 5.84. The van der Waals surface area contributed by atoms with Crippen molar-refractivity contribution >= 4 is 23.9 Å². The van der Waals surface area contributed by atoms with Gasteiger partial charge in [0, 0.05) is 90.3 Å². The average molecular weight is 618 g/mol. The van der Waals surface area contributed by atoms with Gasteiger partial charge in [0.1, 0.15) is 0 Å². The molecule has 4 N–H and O–H groups in total. The Morgan fingerprint density at radius 1 is 0.515 bits per heavy atom. The van der Waals surface area contributed by atoms with E-state index in [1.54, 1.807) is 19.6 Å². The number of nitrogens with zero attached hydrogens (tertiary/aromatic N) is 4. The maximum absolute atomic E-state index is 11.5. The average Bonchev–Trinajstić information content (AvgIpc) is 2.63. The first-order chi connectivity index (χ1) is 14.8. The van der Waals surface area contributed by atoms with Crippen molar-refractivity contribution in [3.63, 3.8) is 0 Å². The number of carboxylic acid groups (broad SMARTS) is 4. The van der Waals surface area contributed by atoms with Gasteiger partial charge in [0.25, 0.3) is 0 Å². The topological polar surface area (TPSA) is 162 Å². The summed E-state index contributed by atoms with van der Waals surface area (Å²) in [6.45, 7) is 7.25. The Kier molecular flexibility index (Phi) is 14.7. The Balaban J connectivity index is 0.0000102. The largest absolute Gasteiger partial charge is 0.480 e. The molecular weight excluding hydrogens is 581 g/mol. The van der Waals surface area contributed by atoms with Gasteiger partial charge >= 0.3 is 23.9 Å². The molecule has 0 spiro atoms. The molecule has 4 atom stereocenters. The molecule has 4 unspecified atom stereocenters. The molecule has 1 heterocycles. The molecule has 1 saturated heterocycles. The van der Waals surface area contributed by atoms with E-state index in [0.29, 0.717) is 0 Å². The molecule has 13 heteroatoms. The second kappa shape index (κ2) is 15.1. The van der Waals surface area contributed by atoms with Crippen molar-refractivity contribution in [1.82, 2.24) is 19.6 Å². The van der Waals surface area contributed by atoms with Crippen molar-refractivity contribution in [2.45, 2.75) is 51.9 Å². The molecule has 0 amide bonds. The van der Waals surface area contributed by atoms with Crippen LogP contribution in [0.2, 0.25) is 0 Å². The van der Waals surface area contributed by atoms with Crippen molar-refractivity contribution in [3.8, 4) is 0 Å². The summed E-state index contributed by atoms with van der Waals surface area (Å²) >= 11 is 0. The zero-order valence-electron chi connectivity index (χ0n) is 19.5. The zero-order valence-corrected chi connectivity index (χ0v) is 21.8. The number of rotatable bonds is 8. The van der Waals surface area contributed by atoms with E-state index in [4.69, 9.17) is 0 Å². The van der Waals surface area contributed by atoms with Crippen molar-refractivity contribution < 1.29 is 79.5 Å². The van der Waals surface area contributed by atoms with Gasteiger partial charge in [0.05, 0.1) is 26.2 Å². The number of aliphatic carboxylic acids is 4. The number of hydrogen-bond donors (Lipinski definition) is 4. The minimum Gasteiger partial charge on any atom is -0.480 e. The van der Waals surface area contributed by atoms with E-state index in [9.17, 15) is 39.6 Å². The van der Waals surface area contributed by atoms with Crippen LogP contribution in [0.15, 0.2) is 0 Å².